The van der Waals surface area contributed by atoms with E-state index in [0.29, 0.717) is 0 Å². The van der Waals surface area contributed by atoms with E-state index in [4.69, 9.17) is 0 Å². The molecule has 1 atom stereocenters. The van der Waals surface area contributed by atoms with Gasteiger partial charge in [0, 0.05) is 12.4 Å². The van der Waals surface area contributed by atoms with Crippen molar-refractivity contribution in [3.05, 3.63) is 72.3 Å². The van der Waals surface area contributed by atoms with Crippen molar-refractivity contribution < 1.29 is 0 Å². The molecule has 0 bridgehead atoms. The molecule has 1 heterocycles. The Labute approximate surface area is 112 Å². The summed E-state index contributed by atoms with van der Waals surface area (Å²) in [5, 5.41) is 5.81. The number of benzene rings is 2. The summed E-state index contributed by atoms with van der Waals surface area (Å²) in [5.74, 6) is 0. The fourth-order valence-electron chi connectivity index (χ4n) is 2.42. The number of rotatable bonds is 3. The molecule has 0 fully saturated rings. The van der Waals surface area contributed by atoms with Crippen LogP contribution in [0.25, 0.3) is 10.8 Å². The van der Waals surface area contributed by atoms with E-state index in [1.54, 1.807) is 12.4 Å². The average molecular weight is 249 g/mol. The van der Waals surface area contributed by atoms with Gasteiger partial charge >= 0.3 is 0 Å². The summed E-state index contributed by atoms with van der Waals surface area (Å²) in [6.45, 7) is 0. The van der Waals surface area contributed by atoms with E-state index in [1.165, 1.54) is 16.3 Å². The van der Waals surface area contributed by atoms with E-state index < -0.39 is 0 Å². The third-order valence-electron chi connectivity index (χ3n) is 3.30. The van der Waals surface area contributed by atoms with E-state index in [0.717, 1.165) is 5.69 Å². The van der Waals surface area contributed by atoms with Gasteiger partial charge in [0.1, 0.15) is 0 Å². The fraction of sp³-hybridized carbons (Fsp3) is 0.125. The minimum absolute atomic E-state index is 0.0554. The van der Waals surface area contributed by atoms with Crippen molar-refractivity contribution in [2.24, 2.45) is 0 Å². The zero-order valence-electron chi connectivity index (χ0n) is 10.7. The van der Waals surface area contributed by atoms with E-state index in [9.17, 15) is 0 Å². The van der Waals surface area contributed by atoms with Crippen molar-refractivity contribution in [2.75, 3.05) is 7.05 Å². The fourth-order valence-corrected chi connectivity index (χ4v) is 2.42. The molecule has 3 nitrogen and oxygen atoms in total. The lowest BCUT2D eigenvalue weighted by atomic mass is 9.97. The monoisotopic (exact) mass is 249 g/mol. The predicted octanol–water partition coefficient (Wildman–Crippen LogP) is 2.94. The molecule has 3 heteroatoms. The first-order valence-electron chi connectivity index (χ1n) is 6.31. The second-order valence-electron chi connectivity index (χ2n) is 4.42. The maximum absolute atomic E-state index is 4.41. The predicted molar refractivity (Wildman–Crippen MR) is 76.9 cm³/mol. The van der Waals surface area contributed by atoms with Crippen molar-refractivity contribution in [1.82, 2.24) is 15.3 Å². The van der Waals surface area contributed by atoms with Gasteiger partial charge in [-0.25, -0.2) is 0 Å². The standard InChI is InChI=1S/C16H15N3/c1-17-16(15-11-18-9-10-19-15)14-8-4-6-12-5-2-3-7-13(12)14/h2-11,16-17H,1H3. The molecule has 1 N–H and O–H groups in total. The molecule has 94 valence electrons. The van der Waals surface area contributed by atoms with Gasteiger partial charge < -0.3 is 5.32 Å². The second kappa shape index (κ2) is 5.16. The molecule has 0 saturated heterocycles. The smallest absolute Gasteiger partial charge is 0.0801 e. The molecule has 0 aliphatic carbocycles. The molecule has 3 rings (SSSR count). The van der Waals surface area contributed by atoms with Crippen LogP contribution in [0.1, 0.15) is 17.3 Å². The molecular weight excluding hydrogens is 234 g/mol. The van der Waals surface area contributed by atoms with Gasteiger partial charge in [0.25, 0.3) is 0 Å². The second-order valence-corrected chi connectivity index (χ2v) is 4.42. The Hall–Kier alpha value is -2.26. The van der Waals surface area contributed by atoms with E-state index >= 15 is 0 Å². The molecule has 0 amide bonds. The molecule has 0 aliphatic heterocycles. The lowest BCUT2D eigenvalue weighted by Crippen LogP contribution is -2.19. The summed E-state index contributed by atoms with van der Waals surface area (Å²) in [7, 11) is 1.95. The van der Waals surface area contributed by atoms with Crippen molar-refractivity contribution in [3.8, 4) is 0 Å². The van der Waals surface area contributed by atoms with E-state index in [-0.39, 0.29) is 6.04 Å². The molecule has 2 aromatic carbocycles. The summed E-state index contributed by atoms with van der Waals surface area (Å²) in [6, 6.07) is 14.8. The van der Waals surface area contributed by atoms with Crippen LogP contribution < -0.4 is 5.32 Å². The lowest BCUT2D eigenvalue weighted by molar-refractivity contribution is 0.671. The Kier molecular flexibility index (Phi) is 3.21. The van der Waals surface area contributed by atoms with Gasteiger partial charge in [0.05, 0.1) is 17.9 Å². The van der Waals surface area contributed by atoms with Crippen molar-refractivity contribution in [3.63, 3.8) is 0 Å². The number of hydrogen-bond acceptors (Lipinski definition) is 3. The van der Waals surface area contributed by atoms with E-state index in [1.807, 2.05) is 13.2 Å². The van der Waals surface area contributed by atoms with Crippen LogP contribution in [0.3, 0.4) is 0 Å². The highest BCUT2D eigenvalue weighted by Gasteiger charge is 2.15. The van der Waals surface area contributed by atoms with Crippen molar-refractivity contribution in [1.29, 1.82) is 0 Å². The maximum Gasteiger partial charge on any atom is 0.0801 e. The Morgan fingerprint density at radius 1 is 1.00 bits per heavy atom. The highest BCUT2D eigenvalue weighted by Crippen LogP contribution is 2.27. The first kappa shape index (κ1) is 11.8. The average Bonchev–Trinajstić information content (AvgIpc) is 2.49. The van der Waals surface area contributed by atoms with Gasteiger partial charge in [-0.05, 0) is 23.4 Å². The van der Waals surface area contributed by atoms with Crippen LogP contribution in [0.2, 0.25) is 0 Å². The van der Waals surface area contributed by atoms with Crippen molar-refractivity contribution in [2.45, 2.75) is 6.04 Å². The molecule has 0 saturated carbocycles. The summed E-state index contributed by atoms with van der Waals surface area (Å²) in [5.41, 5.74) is 2.16. The highest BCUT2D eigenvalue weighted by atomic mass is 14.9. The summed E-state index contributed by atoms with van der Waals surface area (Å²) >= 11 is 0. The van der Waals surface area contributed by atoms with Crippen LogP contribution in [0.4, 0.5) is 0 Å². The highest BCUT2D eigenvalue weighted by molar-refractivity contribution is 5.86. The molecule has 1 aromatic heterocycles. The molecule has 1 unspecified atom stereocenters. The molecule has 19 heavy (non-hydrogen) atoms. The van der Waals surface area contributed by atoms with Crippen LogP contribution in [0, 0.1) is 0 Å². The largest absolute Gasteiger partial charge is 0.308 e. The minimum Gasteiger partial charge on any atom is -0.308 e. The van der Waals surface area contributed by atoms with Gasteiger partial charge in [-0.1, -0.05) is 42.5 Å². The Morgan fingerprint density at radius 2 is 1.84 bits per heavy atom. The zero-order valence-corrected chi connectivity index (χ0v) is 10.7. The zero-order chi connectivity index (χ0) is 13.1. The first-order valence-corrected chi connectivity index (χ1v) is 6.31. The molecule has 0 radical (unpaired) electrons. The lowest BCUT2D eigenvalue weighted by Gasteiger charge is -2.17. The topological polar surface area (TPSA) is 37.8 Å². The Morgan fingerprint density at radius 3 is 2.63 bits per heavy atom. The van der Waals surface area contributed by atoms with Crippen LogP contribution in [-0.4, -0.2) is 17.0 Å². The Balaban J connectivity index is 2.17. The van der Waals surface area contributed by atoms with Gasteiger partial charge in [-0.15, -0.1) is 0 Å². The molecule has 0 aliphatic rings. The third-order valence-corrected chi connectivity index (χ3v) is 3.30. The Bertz CT molecular complexity index is 674. The number of nitrogens with zero attached hydrogens (tertiary/aromatic N) is 2. The molecule has 3 aromatic rings. The minimum atomic E-state index is 0.0554. The SMILES string of the molecule is CNC(c1cnccn1)c1cccc2ccccc12. The van der Waals surface area contributed by atoms with E-state index in [2.05, 4.69) is 57.7 Å². The molecular formula is C16H15N3. The van der Waals surface area contributed by atoms with Crippen LogP contribution in [0.5, 0.6) is 0 Å². The number of nitrogens with one attached hydrogen (secondary N) is 1. The quantitative estimate of drug-likeness (QED) is 0.775. The van der Waals surface area contributed by atoms with Crippen LogP contribution >= 0.6 is 0 Å². The van der Waals surface area contributed by atoms with Gasteiger partial charge in [-0.2, -0.15) is 0 Å². The maximum atomic E-state index is 4.41. The van der Waals surface area contributed by atoms with Gasteiger partial charge in [0.15, 0.2) is 0 Å². The number of aromatic nitrogens is 2. The molecule has 0 spiro atoms. The normalized spacial score (nSPS) is 12.5. The number of hydrogen-bond donors (Lipinski definition) is 1. The summed E-state index contributed by atoms with van der Waals surface area (Å²) in [6.07, 6.45) is 5.23. The van der Waals surface area contributed by atoms with Crippen LogP contribution in [0.15, 0.2) is 61.1 Å². The summed E-state index contributed by atoms with van der Waals surface area (Å²) < 4.78 is 0. The third kappa shape index (κ3) is 2.20. The summed E-state index contributed by atoms with van der Waals surface area (Å²) in [4.78, 5) is 8.56. The van der Waals surface area contributed by atoms with Gasteiger partial charge in [0.2, 0.25) is 0 Å². The number of fused-ring (bicyclic) bond motifs is 1. The first-order chi connectivity index (χ1) is 9.40. The van der Waals surface area contributed by atoms with Gasteiger partial charge in [-0.3, -0.25) is 9.97 Å². The van der Waals surface area contributed by atoms with Crippen molar-refractivity contribution >= 4 is 10.8 Å². The van der Waals surface area contributed by atoms with Crippen LogP contribution in [-0.2, 0) is 0 Å².